The Labute approximate surface area is 55.1 Å². The van der Waals surface area contributed by atoms with Crippen LogP contribution in [0, 0.1) is 0 Å². The number of imidazole rings is 1. The molecule has 1 aromatic rings. The molecule has 0 saturated carbocycles. The zero-order valence-corrected chi connectivity index (χ0v) is 5.17. The quantitative estimate of drug-likeness (QED) is 0.470. The molecule has 4 N–H and O–H groups in total. The zero-order valence-electron chi connectivity index (χ0n) is 5.17. The van der Waals surface area contributed by atoms with E-state index in [-0.39, 0.29) is 5.94 Å². The van der Waals surface area contributed by atoms with Crippen molar-refractivity contribution in [3.05, 3.63) is 18.2 Å². The molecule has 1 unspecified atom stereocenters. The van der Waals surface area contributed by atoms with Crippen LogP contribution in [-0.4, -0.2) is 23.8 Å². The van der Waals surface area contributed by atoms with Crippen LogP contribution in [0.15, 0.2) is 12.5 Å². The summed E-state index contributed by atoms with van der Waals surface area (Å²) >= 11 is 0. The highest BCUT2D eigenvalue weighted by atomic mass is 14.9. The topological polar surface area (TPSA) is 56.3 Å². The molecule has 0 amide bonds. The van der Waals surface area contributed by atoms with Crippen molar-refractivity contribution in [2.24, 2.45) is 0 Å². The van der Waals surface area contributed by atoms with Crippen molar-refractivity contribution >= 4 is 7.85 Å². The molecule has 0 aliphatic carbocycles. The highest BCUT2D eigenvalue weighted by Crippen LogP contribution is 1.91. The molecule has 0 aromatic carbocycles. The van der Waals surface area contributed by atoms with Crippen LogP contribution in [0.4, 0.5) is 0 Å². The Balaban J connectivity index is 2.48. The molecule has 9 heavy (non-hydrogen) atoms. The van der Waals surface area contributed by atoms with Crippen LogP contribution in [0.25, 0.3) is 0 Å². The Kier molecular flexibility index (Phi) is 1.90. The van der Waals surface area contributed by atoms with E-state index in [4.69, 9.17) is 7.85 Å². The summed E-state index contributed by atoms with van der Waals surface area (Å²) in [5.41, 5.74) is 4.68. The van der Waals surface area contributed by atoms with Gasteiger partial charge in [-0.2, -0.15) is 0 Å². The molecule has 2 radical (unpaired) electrons. The van der Waals surface area contributed by atoms with Crippen molar-refractivity contribution in [2.75, 3.05) is 0 Å². The number of hydrogen-bond donors (Lipinski definition) is 2. The van der Waals surface area contributed by atoms with Crippen LogP contribution in [0.3, 0.4) is 0 Å². The summed E-state index contributed by atoms with van der Waals surface area (Å²) < 4.78 is 0. The first-order valence-electron chi connectivity index (χ1n) is 2.85. The van der Waals surface area contributed by atoms with Gasteiger partial charge in [0, 0.05) is 24.3 Å². The summed E-state index contributed by atoms with van der Waals surface area (Å²) in [6, 6.07) is 0. The van der Waals surface area contributed by atoms with Crippen LogP contribution in [0.5, 0.6) is 0 Å². The first kappa shape index (κ1) is 6.36. The van der Waals surface area contributed by atoms with E-state index in [0.717, 1.165) is 12.1 Å². The van der Waals surface area contributed by atoms with Gasteiger partial charge >= 0.3 is 0 Å². The molecule has 0 saturated heterocycles. The smallest absolute Gasteiger partial charge is 0.154 e. The van der Waals surface area contributed by atoms with Gasteiger partial charge in [-0.15, -0.1) is 0 Å². The van der Waals surface area contributed by atoms with E-state index in [1.165, 1.54) is 0 Å². The number of aromatic amines is 1. The number of nitrogens with zero attached hydrogens (tertiary/aromatic N) is 1. The van der Waals surface area contributed by atoms with E-state index in [1.807, 2.05) is 0 Å². The Morgan fingerprint density at radius 2 is 2.67 bits per heavy atom. The maximum Gasteiger partial charge on any atom is 0.154 e. The zero-order chi connectivity index (χ0) is 6.69. The predicted molar refractivity (Wildman–Crippen MR) is 34.7 cm³/mol. The molecular weight excluding hydrogens is 113 g/mol. The minimum Gasteiger partial charge on any atom is -0.363 e. The molecule has 3 nitrogen and oxygen atoms in total. The van der Waals surface area contributed by atoms with Crippen LogP contribution >= 0.6 is 0 Å². The van der Waals surface area contributed by atoms with Crippen molar-refractivity contribution in [3.63, 3.8) is 0 Å². The van der Waals surface area contributed by atoms with Gasteiger partial charge in [-0.25, -0.2) is 4.98 Å². The van der Waals surface area contributed by atoms with Crippen LogP contribution in [0.1, 0.15) is 5.69 Å². The predicted octanol–water partition coefficient (Wildman–Crippen LogP) is -1.31. The maximum atomic E-state index is 5.42. The second-order valence-corrected chi connectivity index (χ2v) is 2.04. The first-order valence-corrected chi connectivity index (χ1v) is 2.85. The molecule has 1 heterocycles. The second kappa shape index (κ2) is 2.68. The standard InChI is InChI=1S/C5H8BN3/c6-5(7)1-4-2-8-3-9-4/h2-3,5H,1,7H2,(H,8,9)/p+1. The third-order valence-electron chi connectivity index (χ3n) is 1.04. The van der Waals surface area contributed by atoms with Crippen molar-refractivity contribution in [1.29, 1.82) is 0 Å². The minimum absolute atomic E-state index is 0.0366. The van der Waals surface area contributed by atoms with Gasteiger partial charge in [-0.05, 0) is 0 Å². The lowest BCUT2D eigenvalue weighted by Gasteiger charge is -1.96. The Morgan fingerprint density at radius 1 is 1.89 bits per heavy atom. The Hall–Kier alpha value is -0.765. The van der Waals surface area contributed by atoms with Gasteiger partial charge in [0.25, 0.3) is 0 Å². The molecule has 0 aliphatic heterocycles. The van der Waals surface area contributed by atoms with Crippen LogP contribution in [0.2, 0.25) is 0 Å². The number of rotatable bonds is 2. The highest BCUT2D eigenvalue weighted by Gasteiger charge is 1.99. The largest absolute Gasteiger partial charge is 0.363 e. The normalized spacial score (nSPS) is 13.4. The lowest BCUT2D eigenvalue weighted by molar-refractivity contribution is -0.389. The third kappa shape index (κ3) is 1.89. The van der Waals surface area contributed by atoms with E-state index in [2.05, 4.69) is 15.7 Å². The van der Waals surface area contributed by atoms with Crippen LogP contribution in [-0.2, 0) is 6.42 Å². The second-order valence-electron chi connectivity index (χ2n) is 2.04. The van der Waals surface area contributed by atoms with E-state index >= 15 is 0 Å². The molecule has 1 atom stereocenters. The Morgan fingerprint density at radius 3 is 3.11 bits per heavy atom. The van der Waals surface area contributed by atoms with Crippen molar-refractivity contribution in [1.82, 2.24) is 9.97 Å². The number of aromatic nitrogens is 2. The summed E-state index contributed by atoms with van der Waals surface area (Å²) in [4.78, 5) is 6.77. The fourth-order valence-electron chi connectivity index (χ4n) is 0.679. The monoisotopic (exact) mass is 122 g/mol. The van der Waals surface area contributed by atoms with Crippen molar-refractivity contribution in [2.45, 2.75) is 12.4 Å². The van der Waals surface area contributed by atoms with Crippen LogP contribution < -0.4 is 5.73 Å². The third-order valence-corrected chi connectivity index (χ3v) is 1.04. The molecule has 46 valence electrons. The lowest BCUT2D eigenvalue weighted by atomic mass is 9.93. The van der Waals surface area contributed by atoms with Gasteiger partial charge in [0.1, 0.15) is 0 Å². The summed E-state index contributed by atoms with van der Waals surface area (Å²) in [5.74, 6) is -0.0366. The van der Waals surface area contributed by atoms with Gasteiger partial charge in [-0.1, -0.05) is 0 Å². The van der Waals surface area contributed by atoms with Gasteiger partial charge in [0.2, 0.25) is 0 Å². The van der Waals surface area contributed by atoms with Gasteiger partial charge < -0.3 is 10.7 Å². The average Bonchev–Trinajstić information content (AvgIpc) is 2.15. The van der Waals surface area contributed by atoms with Crippen molar-refractivity contribution < 1.29 is 5.73 Å². The highest BCUT2D eigenvalue weighted by molar-refractivity contribution is 6.10. The molecule has 0 aliphatic rings. The fourth-order valence-corrected chi connectivity index (χ4v) is 0.679. The SMILES string of the molecule is [B]C([NH3+])Cc1cnc[nH]1. The van der Waals surface area contributed by atoms with E-state index in [0.29, 0.717) is 0 Å². The summed E-state index contributed by atoms with van der Waals surface area (Å²) in [7, 11) is 5.42. The van der Waals surface area contributed by atoms with E-state index in [1.54, 1.807) is 12.5 Å². The Bertz CT molecular complexity index is 159. The first-order chi connectivity index (χ1) is 4.29. The number of hydrogen-bond acceptors (Lipinski definition) is 1. The molecule has 0 fully saturated rings. The maximum absolute atomic E-state index is 5.42. The molecule has 0 spiro atoms. The number of nitrogens with one attached hydrogen (secondary N) is 1. The summed E-state index contributed by atoms with van der Waals surface area (Å²) in [5, 5.41) is 0. The number of quaternary nitrogens is 1. The summed E-state index contributed by atoms with van der Waals surface area (Å²) in [6.45, 7) is 0. The van der Waals surface area contributed by atoms with Gasteiger partial charge in [0.15, 0.2) is 7.85 Å². The number of H-pyrrole nitrogens is 1. The van der Waals surface area contributed by atoms with Gasteiger partial charge in [0.05, 0.1) is 6.33 Å². The average molecular weight is 122 g/mol. The summed E-state index contributed by atoms with van der Waals surface area (Å²) in [6.07, 6.45) is 4.16. The molecule has 4 heteroatoms. The molecular formula is C5H9BN3+. The lowest BCUT2D eigenvalue weighted by Crippen LogP contribution is -2.62. The molecule has 1 rings (SSSR count). The fraction of sp³-hybridized carbons (Fsp3) is 0.400. The minimum atomic E-state index is -0.0366. The molecule has 1 aromatic heterocycles. The van der Waals surface area contributed by atoms with E-state index < -0.39 is 0 Å². The van der Waals surface area contributed by atoms with E-state index in [9.17, 15) is 0 Å². The van der Waals surface area contributed by atoms with Crippen molar-refractivity contribution in [3.8, 4) is 0 Å². The molecule has 0 bridgehead atoms. The van der Waals surface area contributed by atoms with Gasteiger partial charge in [-0.3, -0.25) is 0 Å².